The first kappa shape index (κ1) is 9.53. The maximum Gasteiger partial charge on any atom is 0.134 e. The van der Waals surface area contributed by atoms with Gasteiger partial charge in [0.2, 0.25) is 0 Å². The van der Waals surface area contributed by atoms with E-state index in [0.717, 1.165) is 22.5 Å². The lowest BCUT2D eigenvalue weighted by molar-refractivity contribution is 0.582. The van der Waals surface area contributed by atoms with E-state index in [4.69, 9.17) is 4.42 Å². The van der Waals surface area contributed by atoms with Gasteiger partial charge in [-0.1, -0.05) is 43.5 Å². The summed E-state index contributed by atoms with van der Waals surface area (Å²) in [5.41, 5.74) is 3.17. The van der Waals surface area contributed by atoms with Crippen LogP contribution < -0.4 is 0 Å². The molecule has 1 heterocycles. The van der Waals surface area contributed by atoms with Crippen molar-refractivity contribution in [3.8, 4) is 11.3 Å². The molecule has 0 radical (unpaired) electrons. The van der Waals surface area contributed by atoms with Gasteiger partial charge in [-0.25, -0.2) is 0 Å². The first-order chi connectivity index (χ1) is 7.36. The van der Waals surface area contributed by atoms with Gasteiger partial charge in [-0.15, -0.1) is 0 Å². The van der Waals surface area contributed by atoms with E-state index in [2.05, 4.69) is 13.2 Å². The zero-order chi connectivity index (χ0) is 10.7. The van der Waals surface area contributed by atoms with E-state index in [-0.39, 0.29) is 0 Å². The third-order valence-corrected chi connectivity index (χ3v) is 2.35. The quantitative estimate of drug-likeness (QED) is 0.715. The minimum Gasteiger partial charge on any atom is -0.464 e. The van der Waals surface area contributed by atoms with Crippen LogP contribution in [0.15, 0.2) is 54.2 Å². The molecule has 0 atom stereocenters. The van der Waals surface area contributed by atoms with Crippen LogP contribution in [0.1, 0.15) is 11.1 Å². The van der Waals surface area contributed by atoms with Crippen LogP contribution in [-0.4, -0.2) is 0 Å². The van der Waals surface area contributed by atoms with Gasteiger partial charge in [0, 0.05) is 5.56 Å². The van der Waals surface area contributed by atoms with E-state index in [1.807, 2.05) is 42.5 Å². The summed E-state index contributed by atoms with van der Waals surface area (Å²) >= 11 is 0. The molecule has 74 valence electrons. The van der Waals surface area contributed by atoms with Crippen LogP contribution in [-0.2, 0) is 0 Å². The number of furan rings is 1. The zero-order valence-electron chi connectivity index (χ0n) is 8.44. The predicted molar refractivity (Wildman–Crippen MR) is 64.3 cm³/mol. The second-order valence-electron chi connectivity index (χ2n) is 3.19. The van der Waals surface area contributed by atoms with Gasteiger partial charge >= 0.3 is 0 Å². The molecule has 15 heavy (non-hydrogen) atoms. The van der Waals surface area contributed by atoms with Crippen LogP contribution in [0.3, 0.4) is 0 Å². The van der Waals surface area contributed by atoms with Gasteiger partial charge in [-0.3, -0.25) is 0 Å². The molecular weight excluding hydrogens is 184 g/mol. The topological polar surface area (TPSA) is 13.1 Å². The van der Waals surface area contributed by atoms with E-state index in [0.29, 0.717) is 0 Å². The van der Waals surface area contributed by atoms with Crippen molar-refractivity contribution >= 4 is 12.2 Å². The Kier molecular flexibility index (Phi) is 2.55. The van der Waals surface area contributed by atoms with E-state index in [9.17, 15) is 0 Å². The van der Waals surface area contributed by atoms with Crippen molar-refractivity contribution in [3.63, 3.8) is 0 Å². The normalized spacial score (nSPS) is 9.87. The van der Waals surface area contributed by atoms with E-state index < -0.39 is 0 Å². The Bertz CT molecular complexity index is 478. The van der Waals surface area contributed by atoms with Crippen molar-refractivity contribution in [2.24, 2.45) is 0 Å². The summed E-state index contributed by atoms with van der Waals surface area (Å²) in [6.45, 7) is 7.60. The van der Waals surface area contributed by atoms with E-state index in [1.165, 1.54) is 0 Å². The molecule has 1 aromatic heterocycles. The molecule has 0 unspecified atom stereocenters. The second kappa shape index (κ2) is 4.01. The maximum atomic E-state index is 5.38. The van der Waals surface area contributed by atoms with Crippen LogP contribution >= 0.6 is 0 Å². The highest BCUT2D eigenvalue weighted by atomic mass is 16.3. The largest absolute Gasteiger partial charge is 0.464 e. The third kappa shape index (κ3) is 1.64. The molecule has 2 rings (SSSR count). The molecule has 0 saturated heterocycles. The van der Waals surface area contributed by atoms with Gasteiger partial charge < -0.3 is 4.42 Å². The number of rotatable bonds is 3. The molecular formula is C14H12O. The van der Waals surface area contributed by atoms with Gasteiger partial charge in [0.05, 0.1) is 6.26 Å². The lowest BCUT2D eigenvalue weighted by Gasteiger charge is -2.06. The summed E-state index contributed by atoms with van der Waals surface area (Å²) < 4.78 is 5.38. The Morgan fingerprint density at radius 1 is 1.00 bits per heavy atom. The fraction of sp³-hybridized carbons (Fsp3) is 0. The summed E-state index contributed by atoms with van der Waals surface area (Å²) in [6.07, 6.45) is 5.32. The number of benzene rings is 1. The summed E-state index contributed by atoms with van der Waals surface area (Å²) in [5, 5.41) is 0. The molecule has 0 fully saturated rings. The Labute approximate surface area is 89.4 Å². The molecule has 0 saturated carbocycles. The molecule has 1 nitrogen and oxygen atoms in total. The highest BCUT2D eigenvalue weighted by Gasteiger charge is 2.07. The average Bonchev–Trinajstić information content (AvgIpc) is 2.81. The minimum atomic E-state index is 0.855. The van der Waals surface area contributed by atoms with Crippen molar-refractivity contribution in [1.29, 1.82) is 0 Å². The molecule has 0 bridgehead atoms. The summed E-state index contributed by atoms with van der Waals surface area (Å²) in [5.74, 6) is 0.855. The van der Waals surface area contributed by atoms with Gasteiger partial charge in [0.1, 0.15) is 5.76 Å². The second-order valence-corrected chi connectivity index (χ2v) is 3.19. The van der Waals surface area contributed by atoms with Crippen LogP contribution in [0.25, 0.3) is 23.5 Å². The lowest BCUT2D eigenvalue weighted by Crippen LogP contribution is -1.85. The zero-order valence-corrected chi connectivity index (χ0v) is 8.44. The smallest absolute Gasteiger partial charge is 0.134 e. The standard InChI is InChI=1S/C14H12O/c1-3-11-7-5-8-13(12(11)4-2)14-9-6-10-15-14/h3-10H,1-2H2. The highest BCUT2D eigenvalue weighted by molar-refractivity contribution is 5.78. The molecule has 0 spiro atoms. The van der Waals surface area contributed by atoms with Crippen LogP contribution in [0, 0.1) is 0 Å². The Morgan fingerprint density at radius 2 is 1.87 bits per heavy atom. The maximum absolute atomic E-state index is 5.38. The van der Waals surface area contributed by atoms with Crippen molar-refractivity contribution in [1.82, 2.24) is 0 Å². The van der Waals surface area contributed by atoms with Gasteiger partial charge in [0.15, 0.2) is 0 Å². The molecule has 0 aliphatic rings. The Morgan fingerprint density at radius 3 is 2.47 bits per heavy atom. The minimum absolute atomic E-state index is 0.855. The van der Waals surface area contributed by atoms with E-state index in [1.54, 1.807) is 6.26 Å². The van der Waals surface area contributed by atoms with E-state index >= 15 is 0 Å². The SMILES string of the molecule is C=Cc1cccc(-c2ccco2)c1C=C. The summed E-state index contributed by atoms with van der Waals surface area (Å²) in [4.78, 5) is 0. The van der Waals surface area contributed by atoms with Crippen LogP contribution in [0.4, 0.5) is 0 Å². The predicted octanol–water partition coefficient (Wildman–Crippen LogP) is 4.23. The van der Waals surface area contributed by atoms with Gasteiger partial charge in [0.25, 0.3) is 0 Å². The van der Waals surface area contributed by atoms with Crippen LogP contribution in [0.5, 0.6) is 0 Å². The fourth-order valence-corrected chi connectivity index (χ4v) is 1.64. The Hall–Kier alpha value is -2.02. The molecule has 0 N–H and O–H groups in total. The molecule has 1 aromatic carbocycles. The van der Waals surface area contributed by atoms with Crippen molar-refractivity contribution in [3.05, 3.63) is 60.9 Å². The van der Waals surface area contributed by atoms with Gasteiger partial charge in [-0.2, -0.15) is 0 Å². The lowest BCUT2D eigenvalue weighted by atomic mass is 9.99. The first-order valence-electron chi connectivity index (χ1n) is 4.78. The van der Waals surface area contributed by atoms with Crippen molar-refractivity contribution in [2.45, 2.75) is 0 Å². The van der Waals surface area contributed by atoms with Gasteiger partial charge in [-0.05, 0) is 23.3 Å². The summed E-state index contributed by atoms with van der Waals surface area (Å²) in [7, 11) is 0. The first-order valence-corrected chi connectivity index (χ1v) is 4.78. The number of hydrogen-bond acceptors (Lipinski definition) is 1. The highest BCUT2D eigenvalue weighted by Crippen LogP contribution is 2.28. The third-order valence-electron chi connectivity index (χ3n) is 2.35. The molecule has 0 amide bonds. The monoisotopic (exact) mass is 196 g/mol. The number of hydrogen-bond donors (Lipinski definition) is 0. The average molecular weight is 196 g/mol. The molecule has 0 aliphatic carbocycles. The Balaban J connectivity index is 2.66. The summed E-state index contributed by atoms with van der Waals surface area (Å²) in [6, 6.07) is 9.83. The van der Waals surface area contributed by atoms with Crippen molar-refractivity contribution < 1.29 is 4.42 Å². The molecule has 2 aromatic rings. The molecule has 1 heteroatoms. The molecule has 0 aliphatic heterocycles. The van der Waals surface area contributed by atoms with Crippen molar-refractivity contribution in [2.75, 3.05) is 0 Å². The van der Waals surface area contributed by atoms with Crippen LogP contribution in [0.2, 0.25) is 0 Å². The fourth-order valence-electron chi connectivity index (χ4n) is 1.64.